The van der Waals surface area contributed by atoms with Gasteiger partial charge < -0.3 is 9.47 Å². The Morgan fingerprint density at radius 1 is 1.20 bits per heavy atom. The predicted octanol–water partition coefficient (Wildman–Crippen LogP) is 3.54. The van der Waals surface area contributed by atoms with Crippen LogP contribution in [-0.4, -0.2) is 12.9 Å². The molecule has 1 aliphatic rings. The van der Waals surface area contributed by atoms with E-state index in [4.69, 9.17) is 9.47 Å². The van der Waals surface area contributed by atoms with Crippen LogP contribution < -0.4 is 9.47 Å². The lowest BCUT2D eigenvalue weighted by molar-refractivity contribution is 0.0849. The maximum Gasteiger partial charge on any atom is 0.170 e. The quantitative estimate of drug-likeness (QED) is 0.838. The van der Waals surface area contributed by atoms with Gasteiger partial charge >= 0.3 is 0 Å². The summed E-state index contributed by atoms with van der Waals surface area (Å²) >= 11 is 0. The van der Waals surface area contributed by atoms with Crippen LogP contribution in [0.5, 0.6) is 11.5 Å². The Morgan fingerprint density at radius 2 is 1.95 bits per heavy atom. The second-order valence-electron chi connectivity index (χ2n) is 4.65. The van der Waals surface area contributed by atoms with Gasteiger partial charge in [0.1, 0.15) is 23.4 Å². The van der Waals surface area contributed by atoms with E-state index in [0.717, 1.165) is 11.3 Å². The zero-order valence-corrected chi connectivity index (χ0v) is 10.9. The first-order chi connectivity index (χ1) is 9.67. The van der Waals surface area contributed by atoms with Crippen molar-refractivity contribution in [1.82, 2.24) is 0 Å². The fourth-order valence-corrected chi connectivity index (χ4v) is 2.30. The summed E-state index contributed by atoms with van der Waals surface area (Å²) in [5.74, 6) is 0.650. The van der Waals surface area contributed by atoms with Crippen LogP contribution in [0.15, 0.2) is 42.5 Å². The first-order valence-corrected chi connectivity index (χ1v) is 6.31. The molecule has 0 aromatic heterocycles. The number of hydrogen-bond donors (Lipinski definition) is 0. The normalized spacial score (nSPS) is 17.3. The number of carbonyl (C=O) groups excluding carboxylic acids is 1. The van der Waals surface area contributed by atoms with Crippen molar-refractivity contribution in [3.8, 4) is 11.5 Å². The van der Waals surface area contributed by atoms with E-state index >= 15 is 0 Å². The lowest BCUT2D eigenvalue weighted by Gasteiger charge is -2.25. The van der Waals surface area contributed by atoms with Gasteiger partial charge in [-0.2, -0.15) is 0 Å². The lowest BCUT2D eigenvalue weighted by atomic mass is 9.96. The molecular formula is C16H13FO3. The number of hydrogen-bond acceptors (Lipinski definition) is 3. The van der Waals surface area contributed by atoms with Crippen LogP contribution in [-0.2, 0) is 0 Å². The summed E-state index contributed by atoms with van der Waals surface area (Å²) in [4.78, 5) is 12.1. The second-order valence-corrected chi connectivity index (χ2v) is 4.65. The average molecular weight is 272 g/mol. The highest BCUT2D eigenvalue weighted by atomic mass is 19.1. The van der Waals surface area contributed by atoms with Crippen molar-refractivity contribution in [2.24, 2.45) is 0 Å². The van der Waals surface area contributed by atoms with Crippen LogP contribution in [0.3, 0.4) is 0 Å². The maximum atomic E-state index is 13.1. The number of benzene rings is 2. The SMILES string of the molecule is COc1ccc(C2CC(=O)c3cc(F)ccc3O2)cc1. The van der Waals surface area contributed by atoms with E-state index in [1.807, 2.05) is 24.3 Å². The summed E-state index contributed by atoms with van der Waals surface area (Å²) in [6.07, 6.45) is -0.130. The highest BCUT2D eigenvalue weighted by Gasteiger charge is 2.27. The van der Waals surface area contributed by atoms with Gasteiger partial charge in [-0.3, -0.25) is 4.79 Å². The van der Waals surface area contributed by atoms with E-state index in [9.17, 15) is 9.18 Å². The number of fused-ring (bicyclic) bond motifs is 1. The van der Waals surface area contributed by atoms with Gasteiger partial charge in [0.2, 0.25) is 0 Å². The minimum atomic E-state index is -0.427. The Morgan fingerprint density at radius 3 is 2.65 bits per heavy atom. The third kappa shape index (κ3) is 2.25. The van der Waals surface area contributed by atoms with Crippen LogP contribution in [0.4, 0.5) is 4.39 Å². The molecule has 0 aliphatic carbocycles. The molecule has 3 rings (SSSR count). The molecule has 0 bridgehead atoms. The summed E-state index contributed by atoms with van der Waals surface area (Å²) in [5, 5.41) is 0. The van der Waals surface area contributed by atoms with Crippen LogP contribution in [0.25, 0.3) is 0 Å². The molecule has 0 fully saturated rings. The summed E-state index contributed by atoms with van der Waals surface area (Å²) in [7, 11) is 1.60. The van der Waals surface area contributed by atoms with Crippen molar-refractivity contribution < 1.29 is 18.7 Å². The molecule has 0 saturated heterocycles. The van der Waals surface area contributed by atoms with E-state index < -0.39 is 5.82 Å². The number of Topliss-reactive ketones (excluding diaryl/α,β-unsaturated/α-hetero) is 1. The Bertz CT molecular complexity index is 649. The molecule has 0 N–H and O–H groups in total. The average Bonchev–Trinajstić information content (AvgIpc) is 2.48. The van der Waals surface area contributed by atoms with Gasteiger partial charge in [-0.1, -0.05) is 12.1 Å². The van der Waals surface area contributed by atoms with Gasteiger partial charge in [0.25, 0.3) is 0 Å². The zero-order valence-electron chi connectivity index (χ0n) is 10.9. The third-order valence-electron chi connectivity index (χ3n) is 3.37. The number of carbonyl (C=O) groups is 1. The van der Waals surface area contributed by atoms with Crippen molar-refractivity contribution in [2.45, 2.75) is 12.5 Å². The summed E-state index contributed by atoms with van der Waals surface area (Å²) < 4.78 is 24.0. The number of methoxy groups -OCH3 is 1. The Hall–Kier alpha value is -2.36. The topological polar surface area (TPSA) is 35.5 Å². The van der Waals surface area contributed by atoms with Crippen molar-refractivity contribution >= 4 is 5.78 Å². The van der Waals surface area contributed by atoms with Crippen molar-refractivity contribution in [1.29, 1.82) is 0 Å². The largest absolute Gasteiger partial charge is 0.497 e. The van der Waals surface area contributed by atoms with E-state index in [1.54, 1.807) is 7.11 Å². The smallest absolute Gasteiger partial charge is 0.170 e. The van der Waals surface area contributed by atoms with E-state index in [-0.39, 0.29) is 18.3 Å². The summed E-state index contributed by atoms with van der Waals surface area (Å²) in [5.41, 5.74) is 1.21. The van der Waals surface area contributed by atoms with E-state index in [2.05, 4.69) is 0 Å². The number of ketones is 1. The highest BCUT2D eigenvalue weighted by molar-refractivity contribution is 6.00. The Kier molecular flexibility index (Phi) is 3.14. The van der Waals surface area contributed by atoms with Gasteiger partial charge in [-0.15, -0.1) is 0 Å². The van der Waals surface area contributed by atoms with E-state index in [1.165, 1.54) is 18.2 Å². The first kappa shape index (κ1) is 12.7. The molecule has 20 heavy (non-hydrogen) atoms. The molecule has 0 spiro atoms. The number of rotatable bonds is 2. The minimum Gasteiger partial charge on any atom is -0.497 e. The molecule has 0 radical (unpaired) electrons. The maximum absolute atomic E-state index is 13.1. The van der Waals surface area contributed by atoms with E-state index in [0.29, 0.717) is 11.3 Å². The molecule has 102 valence electrons. The van der Waals surface area contributed by atoms with Crippen molar-refractivity contribution in [2.75, 3.05) is 7.11 Å². The monoisotopic (exact) mass is 272 g/mol. The molecule has 1 atom stereocenters. The first-order valence-electron chi connectivity index (χ1n) is 6.31. The predicted molar refractivity (Wildman–Crippen MR) is 71.7 cm³/mol. The van der Waals surface area contributed by atoms with Crippen molar-refractivity contribution in [3.05, 3.63) is 59.4 Å². The van der Waals surface area contributed by atoms with Gasteiger partial charge in [-0.25, -0.2) is 4.39 Å². The van der Waals surface area contributed by atoms with Gasteiger partial charge in [-0.05, 0) is 35.9 Å². The molecule has 3 nitrogen and oxygen atoms in total. The molecular weight excluding hydrogens is 259 g/mol. The zero-order chi connectivity index (χ0) is 14.1. The molecule has 2 aromatic rings. The second kappa shape index (κ2) is 4.96. The van der Waals surface area contributed by atoms with Gasteiger partial charge in [0.15, 0.2) is 5.78 Å². The van der Waals surface area contributed by atoms with Crippen LogP contribution >= 0.6 is 0 Å². The van der Waals surface area contributed by atoms with Crippen molar-refractivity contribution in [3.63, 3.8) is 0 Å². The summed E-state index contributed by atoms with van der Waals surface area (Å²) in [6, 6.07) is 11.4. The summed E-state index contributed by atoms with van der Waals surface area (Å²) in [6.45, 7) is 0. The standard InChI is InChI=1S/C16H13FO3/c1-19-12-5-2-10(3-6-12)16-9-14(18)13-8-11(17)4-7-15(13)20-16/h2-8,16H,9H2,1H3. The molecule has 1 heterocycles. The fraction of sp³-hybridized carbons (Fsp3) is 0.188. The minimum absolute atomic E-state index is 0.105. The highest BCUT2D eigenvalue weighted by Crippen LogP contribution is 2.35. The number of ether oxygens (including phenoxy) is 2. The third-order valence-corrected chi connectivity index (χ3v) is 3.37. The molecule has 2 aromatic carbocycles. The molecule has 1 unspecified atom stereocenters. The molecule has 1 aliphatic heterocycles. The Labute approximate surface area is 115 Å². The van der Waals surface area contributed by atoms with Crippen LogP contribution in [0, 0.1) is 5.82 Å². The van der Waals surface area contributed by atoms with Gasteiger partial charge in [0.05, 0.1) is 19.1 Å². The fourth-order valence-electron chi connectivity index (χ4n) is 2.30. The Balaban J connectivity index is 1.90. The molecule has 0 amide bonds. The number of halogens is 1. The lowest BCUT2D eigenvalue weighted by Crippen LogP contribution is -2.20. The van der Waals surface area contributed by atoms with Crippen LogP contribution in [0.1, 0.15) is 28.4 Å². The molecule has 0 saturated carbocycles. The van der Waals surface area contributed by atoms with Gasteiger partial charge in [0, 0.05) is 0 Å². The van der Waals surface area contributed by atoms with Crippen LogP contribution in [0.2, 0.25) is 0 Å². The molecule has 4 heteroatoms.